The van der Waals surface area contributed by atoms with Crippen molar-refractivity contribution in [2.45, 2.75) is 13.3 Å². The predicted molar refractivity (Wildman–Crippen MR) is 48.1 cm³/mol. The van der Waals surface area contributed by atoms with Crippen LogP contribution in [0, 0.1) is 6.92 Å². The molecule has 4 heteroatoms. The summed E-state index contributed by atoms with van der Waals surface area (Å²) in [5.74, 6) is 0. The summed E-state index contributed by atoms with van der Waals surface area (Å²) in [6.45, 7) is 9.54. The Bertz CT molecular complexity index is 71.3. The molecule has 0 heterocycles. The zero-order valence-electron chi connectivity index (χ0n) is 8.46. The van der Waals surface area contributed by atoms with E-state index in [1.54, 1.807) is 0 Å². The summed E-state index contributed by atoms with van der Waals surface area (Å²) in [5.41, 5.74) is 0. The molecule has 0 unspecified atom stereocenters. The predicted octanol–water partition coefficient (Wildman–Crippen LogP) is 1.28. The minimum Gasteiger partial charge on any atom is -0.411 e. The summed E-state index contributed by atoms with van der Waals surface area (Å²) in [7, 11) is 0. The van der Waals surface area contributed by atoms with E-state index < -0.39 is 0 Å². The van der Waals surface area contributed by atoms with Crippen molar-refractivity contribution in [1.29, 1.82) is 0 Å². The van der Waals surface area contributed by atoms with E-state index in [2.05, 4.69) is 13.8 Å². The molecule has 0 aliphatic heterocycles. The Hall–Kier alpha value is 0.984. The second-order valence-electron chi connectivity index (χ2n) is 2.34. The summed E-state index contributed by atoms with van der Waals surface area (Å²) in [6.07, 6.45) is 1.06. The molecule has 0 spiro atoms. The largest absolute Gasteiger partial charge is 0.411 e. The fourth-order valence-electron chi connectivity index (χ4n) is 0.686. The number of rotatable bonds is 9. The van der Waals surface area contributed by atoms with Crippen LogP contribution in [0.4, 0.5) is 0 Å². The van der Waals surface area contributed by atoms with E-state index in [1.807, 2.05) is 0 Å². The summed E-state index contributed by atoms with van der Waals surface area (Å²) in [5, 5.41) is 0. The van der Waals surface area contributed by atoms with E-state index in [1.165, 1.54) is 0 Å². The van der Waals surface area contributed by atoms with Gasteiger partial charge in [-0.15, -0.1) is 0 Å². The van der Waals surface area contributed by atoms with Gasteiger partial charge in [-0.3, -0.25) is 0 Å². The maximum Gasteiger partial charge on any atom is 0.0701 e. The van der Waals surface area contributed by atoms with Crippen LogP contribution in [0.2, 0.25) is 0 Å². The zero-order valence-corrected chi connectivity index (χ0v) is 11.3. The second-order valence-corrected chi connectivity index (χ2v) is 2.34. The van der Waals surface area contributed by atoms with Crippen molar-refractivity contribution in [3.05, 3.63) is 6.92 Å². The topological polar surface area (TPSA) is 27.7 Å². The third-order valence-corrected chi connectivity index (χ3v) is 1.24. The fourth-order valence-corrected chi connectivity index (χ4v) is 0.686. The van der Waals surface area contributed by atoms with E-state index in [0.717, 1.165) is 13.0 Å². The number of hydrogen-bond acceptors (Lipinski definition) is 3. The summed E-state index contributed by atoms with van der Waals surface area (Å²) >= 11 is 0. The molecule has 0 amide bonds. The molecule has 3 nitrogen and oxygen atoms in total. The van der Waals surface area contributed by atoms with Gasteiger partial charge in [-0.05, 0) is 6.42 Å². The summed E-state index contributed by atoms with van der Waals surface area (Å²) < 4.78 is 15.4. The molecule has 0 bridgehead atoms. The molecule has 0 saturated heterocycles. The molecular formula is C9H19O3Y-. The van der Waals surface area contributed by atoms with Crippen LogP contribution >= 0.6 is 0 Å². The number of ether oxygens (including phenoxy) is 3. The SMILES string of the molecule is [CH2-]COCCOCCOCCC.[Y]. The van der Waals surface area contributed by atoms with Crippen LogP contribution in [0.25, 0.3) is 0 Å². The molecule has 0 saturated carbocycles. The van der Waals surface area contributed by atoms with Crippen molar-refractivity contribution in [3.8, 4) is 0 Å². The number of hydrogen-bond donors (Lipinski definition) is 0. The van der Waals surface area contributed by atoms with E-state index in [0.29, 0.717) is 33.0 Å². The fraction of sp³-hybridized carbons (Fsp3) is 0.889. The summed E-state index contributed by atoms with van der Waals surface area (Å²) in [4.78, 5) is 0. The Morgan fingerprint density at radius 2 is 1.31 bits per heavy atom. The van der Waals surface area contributed by atoms with Crippen molar-refractivity contribution < 1.29 is 46.9 Å². The molecular weight excluding hydrogens is 245 g/mol. The van der Waals surface area contributed by atoms with Gasteiger partial charge in [0.1, 0.15) is 0 Å². The van der Waals surface area contributed by atoms with Gasteiger partial charge in [0.05, 0.1) is 26.4 Å². The first kappa shape index (κ1) is 16.4. The normalized spacial score (nSPS) is 9.69. The molecule has 0 aromatic rings. The average Bonchev–Trinajstić information content (AvgIpc) is 2.10. The van der Waals surface area contributed by atoms with Crippen molar-refractivity contribution >= 4 is 0 Å². The zero-order chi connectivity index (χ0) is 9.07. The van der Waals surface area contributed by atoms with Crippen LogP contribution in [-0.4, -0.2) is 39.6 Å². The van der Waals surface area contributed by atoms with E-state index in [4.69, 9.17) is 14.2 Å². The van der Waals surface area contributed by atoms with Gasteiger partial charge in [-0.2, -0.15) is 0 Å². The maximum atomic E-state index is 5.21. The van der Waals surface area contributed by atoms with Crippen LogP contribution in [0.3, 0.4) is 0 Å². The monoisotopic (exact) mass is 264 g/mol. The molecule has 0 aromatic heterocycles. The van der Waals surface area contributed by atoms with Gasteiger partial charge in [0.2, 0.25) is 0 Å². The second kappa shape index (κ2) is 15.5. The first-order valence-electron chi connectivity index (χ1n) is 4.44. The van der Waals surface area contributed by atoms with Crippen LogP contribution in [0.5, 0.6) is 0 Å². The minimum atomic E-state index is 0. The van der Waals surface area contributed by atoms with Crippen LogP contribution in [0.15, 0.2) is 0 Å². The van der Waals surface area contributed by atoms with Crippen molar-refractivity contribution in [2.75, 3.05) is 39.6 Å². The van der Waals surface area contributed by atoms with Gasteiger partial charge < -0.3 is 21.1 Å². The van der Waals surface area contributed by atoms with Crippen LogP contribution in [-0.2, 0) is 46.9 Å². The van der Waals surface area contributed by atoms with Crippen LogP contribution in [0.1, 0.15) is 13.3 Å². The van der Waals surface area contributed by atoms with Gasteiger partial charge in [0.25, 0.3) is 0 Å². The molecule has 0 atom stereocenters. The van der Waals surface area contributed by atoms with E-state index >= 15 is 0 Å². The first-order chi connectivity index (χ1) is 5.91. The Morgan fingerprint density at radius 3 is 1.77 bits per heavy atom. The molecule has 0 aliphatic rings. The molecule has 0 aromatic carbocycles. The van der Waals surface area contributed by atoms with Crippen molar-refractivity contribution in [1.82, 2.24) is 0 Å². The Kier molecular flexibility index (Phi) is 19.5. The molecule has 1 radical (unpaired) electrons. The van der Waals surface area contributed by atoms with Gasteiger partial charge in [-0.1, -0.05) is 13.5 Å². The molecule has 77 valence electrons. The average molecular weight is 264 g/mol. The third-order valence-electron chi connectivity index (χ3n) is 1.24. The van der Waals surface area contributed by atoms with Crippen LogP contribution < -0.4 is 0 Å². The van der Waals surface area contributed by atoms with Gasteiger partial charge in [0, 0.05) is 39.3 Å². The minimum absolute atomic E-state index is 0. The summed E-state index contributed by atoms with van der Waals surface area (Å²) in [6, 6.07) is 0. The molecule has 0 fully saturated rings. The van der Waals surface area contributed by atoms with Gasteiger partial charge in [-0.25, -0.2) is 0 Å². The third kappa shape index (κ3) is 15.7. The maximum absolute atomic E-state index is 5.21. The van der Waals surface area contributed by atoms with Crippen molar-refractivity contribution in [2.24, 2.45) is 0 Å². The van der Waals surface area contributed by atoms with Crippen molar-refractivity contribution in [3.63, 3.8) is 0 Å². The Labute approximate surface area is 106 Å². The molecule has 0 aliphatic carbocycles. The van der Waals surface area contributed by atoms with Gasteiger partial charge in [0.15, 0.2) is 0 Å². The Balaban J connectivity index is 0. The smallest absolute Gasteiger partial charge is 0.0701 e. The van der Waals surface area contributed by atoms with Gasteiger partial charge >= 0.3 is 0 Å². The first-order valence-corrected chi connectivity index (χ1v) is 4.44. The quantitative estimate of drug-likeness (QED) is 0.464. The Morgan fingerprint density at radius 1 is 0.846 bits per heavy atom. The van der Waals surface area contributed by atoms with E-state index in [-0.39, 0.29) is 32.7 Å². The molecule has 13 heavy (non-hydrogen) atoms. The molecule has 0 N–H and O–H groups in total. The van der Waals surface area contributed by atoms with E-state index in [9.17, 15) is 0 Å². The molecule has 0 rings (SSSR count). The standard InChI is InChI=1S/C9H19O3.Y/c1-3-5-11-8-9-12-7-6-10-4-2;/h2-9H2,1H3;/q-1;.